The zero-order valence-corrected chi connectivity index (χ0v) is 21.2. The smallest absolute Gasteiger partial charge is 0.263 e. The number of rotatable bonds is 4. The minimum atomic E-state index is -3.75. The standard InChI is InChI=1S/C27H31N3O4S/c1-4-28-17-23(27(32)30-12-11-20-7-5-6-8-24(20)30)26(31)22-14-21(9-10-25(22)28)35(33,34)29-15-18(2)13-19(3)16-29/h5-10,14,17-19H,4,11-13,15-16H2,1-3H3/t18-,19-/m0/s1. The molecule has 0 unspecified atom stereocenters. The molecular weight excluding hydrogens is 462 g/mol. The molecular formula is C27H31N3O4S. The number of benzene rings is 2. The quantitative estimate of drug-likeness (QED) is 0.552. The van der Waals surface area contributed by atoms with Gasteiger partial charge in [-0.2, -0.15) is 4.31 Å². The van der Waals surface area contributed by atoms with E-state index in [2.05, 4.69) is 13.8 Å². The third-order valence-electron chi connectivity index (χ3n) is 7.23. The fraction of sp³-hybridized carbons (Fsp3) is 0.407. The van der Waals surface area contributed by atoms with Crippen LogP contribution in [0, 0.1) is 11.8 Å². The first-order valence-corrected chi connectivity index (χ1v) is 13.7. The number of piperidine rings is 1. The highest BCUT2D eigenvalue weighted by Gasteiger charge is 2.33. The minimum Gasteiger partial charge on any atom is -0.347 e. The highest BCUT2D eigenvalue weighted by Crippen LogP contribution is 2.30. The van der Waals surface area contributed by atoms with Crippen molar-refractivity contribution in [2.24, 2.45) is 11.8 Å². The SMILES string of the molecule is CCn1cc(C(=O)N2CCc3ccccc32)c(=O)c2cc(S(=O)(=O)N3C[C@@H](C)C[C@H](C)C3)ccc21. The van der Waals surface area contributed by atoms with Gasteiger partial charge in [0.1, 0.15) is 5.56 Å². The molecule has 0 aliphatic carbocycles. The van der Waals surface area contributed by atoms with Gasteiger partial charge in [0.25, 0.3) is 5.91 Å². The monoisotopic (exact) mass is 493 g/mol. The van der Waals surface area contributed by atoms with Gasteiger partial charge in [-0.3, -0.25) is 9.59 Å². The summed E-state index contributed by atoms with van der Waals surface area (Å²) in [7, 11) is -3.75. The Morgan fingerprint density at radius 1 is 1.06 bits per heavy atom. The van der Waals surface area contributed by atoms with Gasteiger partial charge in [0, 0.05) is 43.4 Å². The lowest BCUT2D eigenvalue weighted by molar-refractivity contribution is 0.0988. The van der Waals surface area contributed by atoms with Gasteiger partial charge in [-0.25, -0.2) is 8.42 Å². The number of nitrogens with zero attached hydrogens (tertiary/aromatic N) is 3. The highest BCUT2D eigenvalue weighted by molar-refractivity contribution is 7.89. The van der Waals surface area contributed by atoms with Gasteiger partial charge in [0.15, 0.2) is 0 Å². The molecule has 5 rings (SSSR count). The van der Waals surface area contributed by atoms with Crippen LogP contribution in [-0.4, -0.2) is 42.8 Å². The molecule has 2 aromatic carbocycles. The van der Waals surface area contributed by atoms with Crippen LogP contribution in [0.15, 0.2) is 58.4 Å². The van der Waals surface area contributed by atoms with E-state index < -0.39 is 15.5 Å². The van der Waals surface area contributed by atoms with Crippen molar-refractivity contribution in [3.8, 4) is 0 Å². The number of anilines is 1. The predicted octanol–water partition coefficient (Wildman–Crippen LogP) is 3.89. The fourth-order valence-corrected chi connectivity index (χ4v) is 7.30. The first-order chi connectivity index (χ1) is 16.7. The molecule has 8 heteroatoms. The van der Waals surface area contributed by atoms with Gasteiger partial charge in [-0.15, -0.1) is 0 Å². The Morgan fingerprint density at radius 3 is 2.49 bits per heavy atom. The van der Waals surface area contributed by atoms with E-state index in [0.717, 1.165) is 24.1 Å². The number of sulfonamides is 1. The van der Waals surface area contributed by atoms with Crippen LogP contribution in [0.4, 0.5) is 5.69 Å². The molecule has 0 N–H and O–H groups in total. The molecule has 0 bridgehead atoms. The fourth-order valence-electron chi connectivity index (χ4n) is 5.60. The number of aryl methyl sites for hydroxylation is 1. The van der Waals surface area contributed by atoms with Crippen LogP contribution in [0.25, 0.3) is 10.9 Å². The van der Waals surface area contributed by atoms with Crippen molar-refractivity contribution in [3.05, 3.63) is 70.0 Å². The number of aromatic nitrogens is 1. The Hall–Kier alpha value is -2.97. The predicted molar refractivity (Wildman–Crippen MR) is 137 cm³/mol. The molecule has 2 aliphatic rings. The van der Waals surface area contributed by atoms with Crippen molar-refractivity contribution in [2.45, 2.75) is 45.1 Å². The summed E-state index contributed by atoms with van der Waals surface area (Å²) in [4.78, 5) is 28.9. The van der Waals surface area contributed by atoms with E-state index in [4.69, 9.17) is 0 Å². The zero-order chi connectivity index (χ0) is 24.9. The van der Waals surface area contributed by atoms with Crippen LogP contribution >= 0.6 is 0 Å². The van der Waals surface area contributed by atoms with E-state index in [-0.39, 0.29) is 33.6 Å². The Balaban J connectivity index is 1.60. The summed E-state index contributed by atoms with van der Waals surface area (Å²) in [6.45, 7) is 8.06. The van der Waals surface area contributed by atoms with Crippen LogP contribution in [0.1, 0.15) is 43.1 Å². The molecule has 184 valence electrons. The van der Waals surface area contributed by atoms with Crippen LogP contribution in [0.3, 0.4) is 0 Å². The molecule has 0 spiro atoms. The second kappa shape index (κ2) is 8.91. The molecule has 1 amide bonds. The van der Waals surface area contributed by atoms with Crippen LogP contribution in [0.5, 0.6) is 0 Å². The Kier molecular flexibility index (Phi) is 6.05. The third-order valence-corrected chi connectivity index (χ3v) is 9.06. The summed E-state index contributed by atoms with van der Waals surface area (Å²) in [5.41, 5.74) is 2.15. The largest absolute Gasteiger partial charge is 0.347 e. The average Bonchev–Trinajstić information content (AvgIpc) is 3.27. The van der Waals surface area contributed by atoms with Crippen molar-refractivity contribution in [2.75, 3.05) is 24.5 Å². The minimum absolute atomic E-state index is 0.0609. The van der Waals surface area contributed by atoms with Gasteiger partial charge in [0.2, 0.25) is 15.5 Å². The van der Waals surface area contributed by atoms with Crippen LogP contribution in [-0.2, 0) is 23.0 Å². The van der Waals surface area contributed by atoms with E-state index in [1.807, 2.05) is 35.8 Å². The molecule has 2 aliphatic heterocycles. The molecule has 3 aromatic rings. The molecule has 3 heterocycles. The summed E-state index contributed by atoms with van der Waals surface area (Å²) in [5.74, 6) is 0.203. The third kappa shape index (κ3) is 4.08. The normalized spacial score (nSPS) is 20.8. The lowest BCUT2D eigenvalue weighted by Gasteiger charge is -2.34. The van der Waals surface area contributed by atoms with Crippen LogP contribution in [0.2, 0.25) is 0 Å². The lowest BCUT2D eigenvalue weighted by Crippen LogP contribution is -2.42. The molecule has 1 saturated heterocycles. The maximum absolute atomic E-state index is 13.6. The van der Waals surface area contributed by atoms with Gasteiger partial charge in [-0.05, 0) is 61.4 Å². The maximum atomic E-state index is 13.6. The zero-order valence-electron chi connectivity index (χ0n) is 20.4. The molecule has 0 radical (unpaired) electrons. The van der Waals surface area contributed by atoms with Gasteiger partial charge >= 0.3 is 0 Å². The molecule has 0 saturated carbocycles. The molecule has 1 fully saturated rings. The summed E-state index contributed by atoms with van der Waals surface area (Å²) in [6.07, 6.45) is 3.35. The summed E-state index contributed by atoms with van der Waals surface area (Å²) in [6, 6.07) is 12.4. The Labute approximate surface area is 206 Å². The van der Waals surface area contributed by atoms with Crippen molar-refractivity contribution < 1.29 is 13.2 Å². The van der Waals surface area contributed by atoms with E-state index in [9.17, 15) is 18.0 Å². The topological polar surface area (TPSA) is 79.7 Å². The van der Waals surface area contributed by atoms with Crippen LogP contribution < -0.4 is 10.3 Å². The number of hydrogen-bond acceptors (Lipinski definition) is 4. The van der Waals surface area contributed by atoms with Crippen molar-refractivity contribution in [1.29, 1.82) is 0 Å². The van der Waals surface area contributed by atoms with E-state index in [1.54, 1.807) is 23.2 Å². The number of carbonyl (C=O) groups excluding carboxylic acids is 1. The second-order valence-corrected chi connectivity index (χ2v) is 11.9. The number of pyridine rings is 1. The van der Waals surface area contributed by atoms with Crippen molar-refractivity contribution in [1.82, 2.24) is 8.87 Å². The van der Waals surface area contributed by atoms with Gasteiger partial charge in [0.05, 0.1) is 10.4 Å². The van der Waals surface area contributed by atoms with E-state index in [0.29, 0.717) is 31.7 Å². The molecule has 35 heavy (non-hydrogen) atoms. The summed E-state index contributed by atoms with van der Waals surface area (Å²) in [5, 5.41) is 0.254. The average molecular weight is 494 g/mol. The first kappa shape index (κ1) is 23.8. The van der Waals surface area contributed by atoms with Crippen molar-refractivity contribution in [3.63, 3.8) is 0 Å². The number of amides is 1. The number of fused-ring (bicyclic) bond motifs is 2. The highest BCUT2D eigenvalue weighted by atomic mass is 32.2. The molecule has 1 aromatic heterocycles. The maximum Gasteiger partial charge on any atom is 0.263 e. The van der Waals surface area contributed by atoms with Crippen molar-refractivity contribution >= 4 is 32.5 Å². The number of para-hydroxylation sites is 1. The first-order valence-electron chi connectivity index (χ1n) is 12.3. The summed E-state index contributed by atoms with van der Waals surface area (Å²) >= 11 is 0. The van der Waals surface area contributed by atoms with E-state index >= 15 is 0 Å². The van der Waals surface area contributed by atoms with Gasteiger partial charge in [-0.1, -0.05) is 32.0 Å². The Bertz CT molecular complexity index is 1470. The Morgan fingerprint density at radius 2 is 1.77 bits per heavy atom. The molecule has 7 nitrogen and oxygen atoms in total. The van der Waals surface area contributed by atoms with E-state index in [1.165, 1.54) is 10.4 Å². The second-order valence-electron chi connectivity index (χ2n) is 9.94. The van der Waals surface area contributed by atoms with Gasteiger partial charge < -0.3 is 9.47 Å². The lowest BCUT2D eigenvalue weighted by atomic mass is 9.94. The summed E-state index contributed by atoms with van der Waals surface area (Å²) < 4.78 is 30.4. The number of hydrogen-bond donors (Lipinski definition) is 0. The number of carbonyl (C=O) groups is 1. The molecule has 2 atom stereocenters.